The first-order valence-electron chi connectivity index (χ1n) is 12.4. The number of aryl methyl sites for hydroxylation is 1. The Hall–Kier alpha value is -3.04. The van der Waals surface area contributed by atoms with Gasteiger partial charge in [-0.2, -0.15) is 11.8 Å². The van der Waals surface area contributed by atoms with Crippen molar-refractivity contribution in [2.45, 2.75) is 31.4 Å². The number of nitrogens with one attached hydrogen (secondary N) is 1. The summed E-state index contributed by atoms with van der Waals surface area (Å²) in [5.41, 5.74) is 2.81. The lowest BCUT2D eigenvalue weighted by atomic mass is 10.1. The molecule has 2 heterocycles. The minimum atomic E-state index is -0.484. The van der Waals surface area contributed by atoms with Crippen molar-refractivity contribution in [3.63, 3.8) is 0 Å². The Balaban J connectivity index is 1.32. The van der Waals surface area contributed by atoms with Gasteiger partial charge in [-0.1, -0.05) is 54.1 Å². The van der Waals surface area contributed by atoms with Gasteiger partial charge in [0.2, 0.25) is 11.6 Å². The Morgan fingerprint density at radius 2 is 1.89 bits per heavy atom. The summed E-state index contributed by atoms with van der Waals surface area (Å²) in [4.78, 5) is 27.6. The normalized spacial score (nSPS) is 12.2. The van der Waals surface area contributed by atoms with E-state index < -0.39 is 6.10 Å². The Labute approximate surface area is 231 Å². The third kappa shape index (κ3) is 7.74. The number of halogens is 1. The van der Waals surface area contributed by atoms with E-state index in [1.165, 1.54) is 5.56 Å². The monoisotopic (exact) mass is 553 g/mol. The summed E-state index contributed by atoms with van der Waals surface area (Å²) in [6, 6.07) is 19.2. The number of likely N-dealkylation sites (N-methyl/N-ethyl adjacent to an activating group) is 1. The Morgan fingerprint density at radius 3 is 2.63 bits per heavy atom. The molecular formula is C29H32ClN3O4S. The number of rotatable bonds is 12. The van der Waals surface area contributed by atoms with Gasteiger partial charge < -0.3 is 19.4 Å². The summed E-state index contributed by atoms with van der Waals surface area (Å²) >= 11 is 7.60. The number of carbonyl (C=O) groups excluding carboxylic acids is 1. The predicted molar refractivity (Wildman–Crippen MR) is 153 cm³/mol. The fraction of sp³-hybridized carbons (Fsp3) is 0.310. The average molecular weight is 554 g/mol. The number of carbonyl (C=O) groups is 1. The minimum absolute atomic E-state index is 0.0243. The molecule has 0 bridgehead atoms. The van der Waals surface area contributed by atoms with Crippen LogP contribution in [-0.2, 0) is 37.1 Å². The molecule has 0 saturated heterocycles. The molecule has 38 heavy (non-hydrogen) atoms. The molecule has 200 valence electrons. The summed E-state index contributed by atoms with van der Waals surface area (Å²) in [5, 5.41) is 14.4. The van der Waals surface area contributed by atoms with Gasteiger partial charge in [0.1, 0.15) is 5.76 Å². The number of aliphatic hydroxyl groups is 1. The third-order valence-corrected chi connectivity index (χ3v) is 7.50. The molecule has 4 rings (SSSR count). The van der Waals surface area contributed by atoms with E-state index in [0.717, 1.165) is 11.3 Å². The quantitative estimate of drug-likeness (QED) is 0.271. The van der Waals surface area contributed by atoms with Crippen molar-refractivity contribution in [2.75, 3.05) is 19.3 Å². The summed E-state index contributed by atoms with van der Waals surface area (Å²) in [6.45, 7) is 1.29. The lowest BCUT2D eigenvalue weighted by Crippen LogP contribution is -2.30. The van der Waals surface area contributed by atoms with Gasteiger partial charge in [-0.05, 0) is 36.4 Å². The van der Waals surface area contributed by atoms with Crippen LogP contribution in [-0.4, -0.2) is 45.9 Å². The maximum absolute atomic E-state index is 13.1. The van der Waals surface area contributed by atoms with Crippen LogP contribution < -0.4 is 10.7 Å². The van der Waals surface area contributed by atoms with Crippen molar-refractivity contribution < 1.29 is 14.3 Å². The molecule has 4 aromatic rings. The maximum atomic E-state index is 13.1. The van der Waals surface area contributed by atoms with Gasteiger partial charge in [0.15, 0.2) is 5.43 Å². The third-order valence-electron chi connectivity index (χ3n) is 6.09. The molecule has 1 atom stereocenters. The highest BCUT2D eigenvalue weighted by molar-refractivity contribution is 7.98. The fourth-order valence-electron chi connectivity index (χ4n) is 4.25. The van der Waals surface area contributed by atoms with Gasteiger partial charge in [0.05, 0.1) is 24.5 Å². The maximum Gasteiger partial charge on any atom is 0.224 e. The molecule has 2 N–H and O–H groups in total. The zero-order chi connectivity index (χ0) is 27.1. The lowest BCUT2D eigenvalue weighted by Gasteiger charge is -2.19. The van der Waals surface area contributed by atoms with Gasteiger partial charge in [-0.3, -0.25) is 14.5 Å². The van der Waals surface area contributed by atoms with Crippen LogP contribution in [0.3, 0.4) is 0 Å². The van der Waals surface area contributed by atoms with Crippen molar-refractivity contribution in [1.29, 1.82) is 0 Å². The molecule has 0 saturated carbocycles. The number of furan rings is 1. The Bertz CT molecular complexity index is 1420. The van der Waals surface area contributed by atoms with Crippen LogP contribution in [0.1, 0.15) is 22.5 Å². The number of pyridine rings is 1. The van der Waals surface area contributed by atoms with E-state index in [1.807, 2.05) is 42.3 Å². The highest BCUT2D eigenvalue weighted by Gasteiger charge is 2.17. The Morgan fingerprint density at radius 1 is 1.16 bits per heavy atom. The van der Waals surface area contributed by atoms with Crippen LogP contribution in [0.2, 0.25) is 5.02 Å². The summed E-state index contributed by atoms with van der Waals surface area (Å²) in [5.74, 6) is 1.88. The molecule has 0 fully saturated rings. The summed E-state index contributed by atoms with van der Waals surface area (Å²) in [6.07, 6.45) is 1.14. The molecule has 0 aliphatic carbocycles. The van der Waals surface area contributed by atoms with E-state index in [2.05, 4.69) is 17.4 Å². The van der Waals surface area contributed by atoms with E-state index in [-0.39, 0.29) is 17.8 Å². The van der Waals surface area contributed by atoms with Crippen LogP contribution in [0.4, 0.5) is 0 Å². The number of nitrogens with zero attached hydrogens (tertiary/aromatic N) is 2. The minimum Gasteiger partial charge on any atom is -0.443 e. The van der Waals surface area contributed by atoms with Crippen LogP contribution in [0.5, 0.6) is 0 Å². The predicted octanol–water partition coefficient (Wildman–Crippen LogP) is 4.37. The molecule has 0 aliphatic rings. The zero-order valence-corrected chi connectivity index (χ0v) is 23.1. The van der Waals surface area contributed by atoms with Crippen molar-refractivity contribution in [3.8, 4) is 0 Å². The number of benzene rings is 2. The number of fused-ring (bicyclic) bond motifs is 1. The van der Waals surface area contributed by atoms with E-state index in [4.69, 9.17) is 16.0 Å². The van der Waals surface area contributed by atoms with E-state index in [0.29, 0.717) is 52.8 Å². The van der Waals surface area contributed by atoms with Crippen molar-refractivity contribution in [1.82, 2.24) is 14.8 Å². The van der Waals surface area contributed by atoms with Gasteiger partial charge in [0, 0.05) is 48.4 Å². The smallest absolute Gasteiger partial charge is 0.224 e. The van der Waals surface area contributed by atoms with Crippen molar-refractivity contribution in [3.05, 3.63) is 105 Å². The van der Waals surface area contributed by atoms with Gasteiger partial charge in [-0.25, -0.2) is 0 Å². The van der Waals surface area contributed by atoms with Gasteiger partial charge in [-0.15, -0.1) is 0 Å². The van der Waals surface area contributed by atoms with Gasteiger partial charge in [0.25, 0.3) is 0 Å². The summed E-state index contributed by atoms with van der Waals surface area (Å²) in [7, 11) is 3.70. The van der Waals surface area contributed by atoms with Crippen LogP contribution in [0, 0.1) is 0 Å². The highest BCUT2D eigenvalue weighted by Crippen LogP contribution is 2.19. The Kier molecular flexibility index (Phi) is 9.69. The second kappa shape index (κ2) is 13.2. The lowest BCUT2D eigenvalue weighted by molar-refractivity contribution is -0.120. The van der Waals surface area contributed by atoms with Crippen LogP contribution in [0.25, 0.3) is 11.1 Å². The molecule has 9 heteroatoms. The zero-order valence-electron chi connectivity index (χ0n) is 21.5. The number of aliphatic hydroxyl groups excluding tert-OH is 1. The molecule has 0 spiro atoms. The van der Waals surface area contributed by atoms with Crippen LogP contribution in [0.15, 0.2) is 76.1 Å². The molecule has 2 aromatic carbocycles. The molecule has 0 radical (unpaired) electrons. The molecule has 2 aromatic heterocycles. The number of amides is 1. The van der Waals surface area contributed by atoms with Crippen LogP contribution >= 0.6 is 23.4 Å². The first kappa shape index (κ1) is 28.0. The topological polar surface area (TPSA) is 87.7 Å². The number of thioether (sulfide) groups is 1. The van der Waals surface area contributed by atoms with Gasteiger partial charge >= 0.3 is 0 Å². The highest BCUT2D eigenvalue weighted by atomic mass is 35.5. The SMILES string of the molecule is CN(Cc1cc2c(=O)c(CC(=O)NCc3ccc(Cl)cc3)cn(C)c2o1)CC(O)CSCc1ccccc1. The second-order valence-electron chi connectivity index (χ2n) is 9.46. The number of aromatic nitrogens is 1. The van der Waals surface area contributed by atoms with E-state index >= 15 is 0 Å². The molecule has 7 nitrogen and oxygen atoms in total. The first-order valence-corrected chi connectivity index (χ1v) is 13.9. The fourth-order valence-corrected chi connectivity index (χ4v) is 5.30. The second-order valence-corrected chi connectivity index (χ2v) is 10.9. The van der Waals surface area contributed by atoms with E-state index in [1.54, 1.807) is 47.8 Å². The molecular weight excluding hydrogens is 522 g/mol. The number of hydrogen-bond acceptors (Lipinski definition) is 6. The van der Waals surface area contributed by atoms with E-state index in [9.17, 15) is 14.7 Å². The summed E-state index contributed by atoms with van der Waals surface area (Å²) < 4.78 is 7.70. The van der Waals surface area contributed by atoms with Crippen molar-refractivity contribution >= 4 is 40.4 Å². The largest absolute Gasteiger partial charge is 0.443 e. The standard InChI is InChI=1S/C29H32ClN3O4S/c1-32(16-24(34)19-38-18-21-6-4-3-5-7-21)17-25-13-26-28(36)22(15-33(2)29(26)37-25)12-27(35)31-14-20-8-10-23(30)11-9-20/h3-11,13,15,24,34H,12,14,16-19H2,1-2H3,(H,31,35). The molecule has 0 aliphatic heterocycles. The first-order chi connectivity index (χ1) is 18.3. The molecule has 1 amide bonds. The molecule has 1 unspecified atom stereocenters. The number of hydrogen-bond donors (Lipinski definition) is 2. The van der Waals surface area contributed by atoms with Crippen molar-refractivity contribution in [2.24, 2.45) is 7.05 Å². The average Bonchev–Trinajstić information content (AvgIpc) is 3.32.